The number of ether oxygens (including phenoxy) is 1. The van der Waals surface area contributed by atoms with Crippen LogP contribution in [0, 0.1) is 5.92 Å². The minimum atomic E-state index is -3.87. The molecule has 2 aliphatic heterocycles. The molecule has 1 aromatic carbocycles. The zero-order valence-corrected chi connectivity index (χ0v) is 19.8. The molecule has 4 rings (SSSR count). The number of carbonyl (C=O) groups is 1. The standard InChI is InChI=1S/C23H30N4O4S/c1-16-9-11-26(12-10-16)22-8-5-18(14-24-22)25-32(29,30)19-6-7-21-20(13-19)27(17(2)28)15-23(3,4)31-21/h5-8,13-14,16,25H,9-12,15H2,1-4H3. The van der Waals surface area contributed by atoms with Crippen molar-refractivity contribution in [3.8, 4) is 5.75 Å². The molecule has 0 saturated carbocycles. The van der Waals surface area contributed by atoms with E-state index >= 15 is 0 Å². The minimum Gasteiger partial charge on any atom is -0.484 e. The summed E-state index contributed by atoms with van der Waals surface area (Å²) < 4.78 is 34.6. The van der Waals surface area contributed by atoms with E-state index in [9.17, 15) is 13.2 Å². The number of amides is 1. The molecule has 0 spiro atoms. The van der Waals surface area contributed by atoms with Crippen molar-refractivity contribution in [3.63, 3.8) is 0 Å². The van der Waals surface area contributed by atoms with Crippen LogP contribution < -0.4 is 19.3 Å². The van der Waals surface area contributed by atoms with E-state index in [1.807, 2.05) is 19.9 Å². The van der Waals surface area contributed by atoms with Crippen LogP contribution in [-0.2, 0) is 14.8 Å². The number of hydrogen-bond donors (Lipinski definition) is 1. The molecule has 32 heavy (non-hydrogen) atoms. The van der Waals surface area contributed by atoms with E-state index in [0.29, 0.717) is 23.7 Å². The first kappa shape index (κ1) is 22.4. The molecule has 0 atom stereocenters. The maximum atomic E-state index is 13.0. The van der Waals surface area contributed by atoms with Crippen LogP contribution in [0.1, 0.15) is 40.5 Å². The Labute approximate surface area is 189 Å². The van der Waals surface area contributed by atoms with Crippen molar-refractivity contribution >= 4 is 33.1 Å². The normalized spacial score (nSPS) is 18.6. The maximum Gasteiger partial charge on any atom is 0.262 e. The molecule has 0 unspecified atom stereocenters. The highest BCUT2D eigenvalue weighted by Crippen LogP contribution is 2.38. The van der Waals surface area contributed by atoms with Crippen LogP contribution in [0.25, 0.3) is 0 Å². The number of piperidine rings is 1. The molecule has 0 radical (unpaired) electrons. The first-order valence-corrected chi connectivity index (χ1v) is 12.4. The van der Waals surface area contributed by atoms with Crippen LogP contribution in [0.15, 0.2) is 41.4 Å². The summed E-state index contributed by atoms with van der Waals surface area (Å²) in [6, 6.07) is 8.12. The van der Waals surface area contributed by atoms with Crippen molar-refractivity contribution in [2.75, 3.05) is 34.2 Å². The molecule has 1 fully saturated rings. The predicted octanol–water partition coefficient (Wildman–Crippen LogP) is 3.64. The Bertz CT molecular complexity index is 1110. The van der Waals surface area contributed by atoms with Gasteiger partial charge >= 0.3 is 0 Å². The molecule has 0 aliphatic carbocycles. The summed E-state index contributed by atoms with van der Waals surface area (Å²) in [6.07, 6.45) is 3.80. The SMILES string of the molecule is CC(=O)N1CC(C)(C)Oc2ccc(S(=O)(=O)Nc3ccc(N4CCC(C)CC4)nc3)cc21. The second-order valence-electron chi connectivity index (χ2n) is 9.28. The van der Waals surface area contributed by atoms with Crippen molar-refractivity contribution < 1.29 is 17.9 Å². The Morgan fingerprint density at radius 2 is 1.91 bits per heavy atom. The third kappa shape index (κ3) is 4.67. The van der Waals surface area contributed by atoms with Gasteiger partial charge in [-0.15, -0.1) is 0 Å². The van der Waals surface area contributed by atoms with Crippen LogP contribution in [0.4, 0.5) is 17.2 Å². The fraction of sp³-hybridized carbons (Fsp3) is 0.478. The lowest BCUT2D eigenvalue weighted by atomic mass is 9.99. The second kappa shape index (κ2) is 8.27. The van der Waals surface area contributed by atoms with Crippen molar-refractivity contribution in [2.45, 2.75) is 51.0 Å². The van der Waals surface area contributed by atoms with E-state index in [4.69, 9.17) is 4.74 Å². The number of nitrogens with one attached hydrogen (secondary N) is 1. The van der Waals surface area contributed by atoms with Gasteiger partial charge in [0.25, 0.3) is 10.0 Å². The summed E-state index contributed by atoms with van der Waals surface area (Å²) in [5.41, 5.74) is 0.280. The Balaban J connectivity index is 1.54. The fourth-order valence-electron chi connectivity index (χ4n) is 4.12. The lowest BCUT2D eigenvalue weighted by Crippen LogP contribution is -2.48. The number of rotatable bonds is 4. The largest absolute Gasteiger partial charge is 0.484 e. The van der Waals surface area contributed by atoms with Crippen LogP contribution in [0.5, 0.6) is 5.75 Å². The van der Waals surface area contributed by atoms with Gasteiger partial charge in [0.1, 0.15) is 17.2 Å². The lowest BCUT2D eigenvalue weighted by molar-refractivity contribution is -0.117. The molecule has 0 bridgehead atoms. The number of nitrogens with zero attached hydrogens (tertiary/aromatic N) is 3. The lowest BCUT2D eigenvalue weighted by Gasteiger charge is -2.39. The third-order valence-corrected chi connectivity index (χ3v) is 7.32. The van der Waals surface area contributed by atoms with Crippen LogP contribution in [-0.4, -0.2) is 44.5 Å². The van der Waals surface area contributed by atoms with E-state index in [2.05, 4.69) is 21.5 Å². The first-order valence-electron chi connectivity index (χ1n) is 10.9. The monoisotopic (exact) mass is 458 g/mol. The molecule has 1 amide bonds. The number of fused-ring (bicyclic) bond motifs is 1. The summed E-state index contributed by atoms with van der Waals surface area (Å²) in [6.45, 7) is 9.75. The average molecular weight is 459 g/mol. The molecular formula is C23H30N4O4S. The van der Waals surface area contributed by atoms with Gasteiger partial charge in [0.05, 0.1) is 29.0 Å². The van der Waals surface area contributed by atoms with Crippen molar-refractivity contribution in [1.82, 2.24) is 4.98 Å². The van der Waals surface area contributed by atoms with Crippen LogP contribution >= 0.6 is 0 Å². The van der Waals surface area contributed by atoms with Gasteiger partial charge in [0.2, 0.25) is 5.91 Å². The predicted molar refractivity (Wildman–Crippen MR) is 125 cm³/mol. The maximum absolute atomic E-state index is 13.0. The molecule has 3 heterocycles. The van der Waals surface area contributed by atoms with Gasteiger partial charge in [-0.1, -0.05) is 6.92 Å². The van der Waals surface area contributed by atoms with Crippen molar-refractivity contribution in [2.24, 2.45) is 5.92 Å². The average Bonchev–Trinajstić information content (AvgIpc) is 2.73. The summed E-state index contributed by atoms with van der Waals surface area (Å²) >= 11 is 0. The highest BCUT2D eigenvalue weighted by molar-refractivity contribution is 7.92. The third-order valence-electron chi connectivity index (χ3n) is 5.94. The number of anilines is 3. The van der Waals surface area contributed by atoms with Crippen LogP contribution in [0.3, 0.4) is 0 Å². The van der Waals surface area contributed by atoms with E-state index in [1.54, 1.807) is 17.0 Å². The smallest absolute Gasteiger partial charge is 0.262 e. The summed E-state index contributed by atoms with van der Waals surface area (Å²) in [5, 5.41) is 0. The number of hydrogen-bond acceptors (Lipinski definition) is 6. The molecule has 1 saturated heterocycles. The van der Waals surface area contributed by atoms with Gasteiger partial charge in [-0.05, 0) is 62.9 Å². The first-order chi connectivity index (χ1) is 15.0. The number of pyridine rings is 1. The fourth-order valence-corrected chi connectivity index (χ4v) is 5.19. The zero-order valence-electron chi connectivity index (χ0n) is 19.0. The highest BCUT2D eigenvalue weighted by Gasteiger charge is 2.34. The summed E-state index contributed by atoms with van der Waals surface area (Å²) in [7, 11) is -3.87. The molecular weight excluding hydrogens is 428 g/mol. The van der Waals surface area contributed by atoms with Gasteiger partial charge < -0.3 is 14.5 Å². The van der Waals surface area contributed by atoms with E-state index in [1.165, 1.54) is 25.3 Å². The van der Waals surface area contributed by atoms with E-state index in [0.717, 1.165) is 37.7 Å². The van der Waals surface area contributed by atoms with Crippen molar-refractivity contribution in [3.05, 3.63) is 36.5 Å². The van der Waals surface area contributed by atoms with E-state index in [-0.39, 0.29) is 10.8 Å². The number of benzene rings is 1. The molecule has 2 aromatic rings. The molecule has 9 heteroatoms. The van der Waals surface area contributed by atoms with Gasteiger partial charge in [0, 0.05) is 20.0 Å². The van der Waals surface area contributed by atoms with Gasteiger partial charge in [-0.25, -0.2) is 13.4 Å². The summed E-state index contributed by atoms with van der Waals surface area (Å²) in [4.78, 5) is 20.5. The Kier molecular flexibility index (Phi) is 5.79. The zero-order chi connectivity index (χ0) is 23.1. The van der Waals surface area contributed by atoms with Gasteiger partial charge in [-0.2, -0.15) is 0 Å². The molecule has 1 aromatic heterocycles. The van der Waals surface area contributed by atoms with Crippen molar-refractivity contribution in [1.29, 1.82) is 0 Å². The van der Waals surface area contributed by atoms with Crippen LogP contribution in [0.2, 0.25) is 0 Å². The quantitative estimate of drug-likeness (QED) is 0.752. The van der Waals surface area contributed by atoms with E-state index < -0.39 is 15.6 Å². The molecule has 8 nitrogen and oxygen atoms in total. The number of carbonyl (C=O) groups excluding carboxylic acids is 1. The number of sulfonamides is 1. The minimum absolute atomic E-state index is 0.0555. The Hall–Kier alpha value is -2.81. The topological polar surface area (TPSA) is 91.8 Å². The van der Waals surface area contributed by atoms with Gasteiger partial charge in [0.15, 0.2) is 0 Å². The Morgan fingerprint density at radius 1 is 1.19 bits per heavy atom. The molecule has 172 valence electrons. The molecule has 1 N–H and O–H groups in total. The Morgan fingerprint density at radius 3 is 2.53 bits per heavy atom. The second-order valence-corrected chi connectivity index (χ2v) is 11.0. The summed E-state index contributed by atoms with van der Waals surface area (Å²) in [5.74, 6) is 1.89. The number of aromatic nitrogens is 1. The van der Waals surface area contributed by atoms with Gasteiger partial charge in [-0.3, -0.25) is 9.52 Å². The molecule has 2 aliphatic rings. The highest BCUT2D eigenvalue weighted by atomic mass is 32.2.